The molecule has 0 saturated heterocycles. The number of carbonyl (C=O) groups excluding carboxylic acids is 2. The Kier molecular flexibility index (Phi) is 30.1. The van der Waals surface area contributed by atoms with Crippen LogP contribution in [0.15, 0.2) is 24.3 Å². The van der Waals surface area contributed by atoms with Crippen molar-refractivity contribution in [2.24, 2.45) is 0 Å². The summed E-state index contributed by atoms with van der Waals surface area (Å²) in [6, 6.07) is 6.74. The normalized spacial score (nSPS) is 10.1. The molecule has 1 aromatic carbocycles. The van der Waals surface area contributed by atoms with Crippen LogP contribution in [0.25, 0.3) is 0 Å². The van der Waals surface area contributed by atoms with E-state index >= 15 is 0 Å². The Labute approximate surface area is 250 Å². The average Bonchev–Trinajstić information content (AvgIpc) is 2.88. The smallest absolute Gasteiger partial charge is 0.339 e. The molecule has 4 nitrogen and oxygen atoms in total. The molecule has 0 saturated carbocycles. The molecule has 0 atom stereocenters. The summed E-state index contributed by atoms with van der Waals surface area (Å²) >= 11 is 0. The van der Waals surface area contributed by atoms with Gasteiger partial charge in [-0.15, -0.1) is 0 Å². The zero-order chi connectivity index (χ0) is 26.0. The number of hydrogen-bond donors (Lipinski definition) is 0. The molecule has 0 N–H and O–H groups in total. The molecule has 0 spiro atoms. The van der Waals surface area contributed by atoms with Crippen molar-refractivity contribution in [2.45, 2.75) is 137 Å². The molecular formula is C31H54LaO4. The fourth-order valence-corrected chi connectivity index (χ4v) is 3.77. The van der Waals surface area contributed by atoms with Crippen LogP contribution >= 0.6 is 0 Å². The van der Waals surface area contributed by atoms with Crippen LogP contribution in [0.2, 0.25) is 0 Å². The fraction of sp³-hybridized carbons (Fsp3) is 0.742. The number of unbranched alkanes of at least 4 members (excludes halogenated alkanes) is 14. The van der Waals surface area contributed by atoms with Gasteiger partial charge in [-0.2, -0.15) is 0 Å². The van der Waals surface area contributed by atoms with Gasteiger partial charge in [0.2, 0.25) is 0 Å². The summed E-state index contributed by atoms with van der Waals surface area (Å²) in [7, 11) is 0. The number of carbonyl (C=O) groups is 2. The summed E-state index contributed by atoms with van der Waals surface area (Å²) in [6.07, 6.45) is 20.6. The van der Waals surface area contributed by atoms with Gasteiger partial charge in [0.25, 0.3) is 0 Å². The monoisotopic (exact) mass is 629 g/mol. The van der Waals surface area contributed by atoms with Crippen LogP contribution in [0, 0.1) is 35.6 Å². The second kappa shape index (κ2) is 28.9. The van der Waals surface area contributed by atoms with Crippen LogP contribution in [0.3, 0.4) is 0 Å². The van der Waals surface area contributed by atoms with Crippen molar-refractivity contribution < 1.29 is 54.7 Å². The molecule has 1 rings (SSSR count). The van der Waals surface area contributed by atoms with Crippen molar-refractivity contribution in [3.05, 3.63) is 35.4 Å². The minimum absolute atomic E-state index is 0. The SMILES string of the molecule is CCCCCCC.CCCCCCCCOC(=O)c1ccccc1C(=O)OCCCCCCCC.[La]. The van der Waals surface area contributed by atoms with Crippen LogP contribution in [-0.4, -0.2) is 25.2 Å². The van der Waals surface area contributed by atoms with Crippen LogP contribution in [0.5, 0.6) is 0 Å². The van der Waals surface area contributed by atoms with Gasteiger partial charge in [-0.25, -0.2) is 9.59 Å². The first-order valence-corrected chi connectivity index (χ1v) is 14.5. The summed E-state index contributed by atoms with van der Waals surface area (Å²) in [5, 5.41) is 0. The summed E-state index contributed by atoms with van der Waals surface area (Å²) in [5.74, 6) is -0.888. The van der Waals surface area contributed by atoms with Crippen molar-refractivity contribution in [1.82, 2.24) is 0 Å². The van der Waals surface area contributed by atoms with Crippen LogP contribution in [0.1, 0.15) is 158 Å². The summed E-state index contributed by atoms with van der Waals surface area (Å²) < 4.78 is 10.7. The zero-order valence-corrected chi connectivity index (χ0v) is 27.6. The molecule has 0 aliphatic carbocycles. The summed E-state index contributed by atoms with van der Waals surface area (Å²) in [5.41, 5.74) is 0.586. The Bertz CT molecular complexity index is 580. The Balaban J connectivity index is 0. The van der Waals surface area contributed by atoms with Gasteiger partial charge >= 0.3 is 11.9 Å². The van der Waals surface area contributed by atoms with E-state index < -0.39 is 11.9 Å². The second-order valence-electron chi connectivity index (χ2n) is 9.41. The maximum absolute atomic E-state index is 12.4. The molecule has 0 amide bonds. The third-order valence-corrected chi connectivity index (χ3v) is 6.04. The van der Waals surface area contributed by atoms with Gasteiger partial charge < -0.3 is 9.47 Å². The van der Waals surface area contributed by atoms with Crippen LogP contribution < -0.4 is 0 Å². The molecule has 0 aliphatic heterocycles. The molecule has 0 bridgehead atoms. The number of benzene rings is 1. The number of ether oxygens (including phenoxy) is 2. The minimum Gasteiger partial charge on any atom is -0.462 e. The van der Waals surface area contributed by atoms with Crippen molar-refractivity contribution in [3.63, 3.8) is 0 Å². The van der Waals surface area contributed by atoms with Crippen molar-refractivity contribution >= 4 is 11.9 Å². The number of hydrogen-bond acceptors (Lipinski definition) is 4. The van der Waals surface area contributed by atoms with E-state index in [0.717, 1.165) is 25.7 Å². The Hall–Kier alpha value is -0.645. The Morgan fingerprint density at radius 1 is 0.500 bits per heavy atom. The molecule has 0 heterocycles. The first-order valence-electron chi connectivity index (χ1n) is 14.5. The van der Waals surface area contributed by atoms with Gasteiger partial charge in [0.15, 0.2) is 0 Å². The van der Waals surface area contributed by atoms with E-state index in [1.807, 2.05) is 0 Å². The van der Waals surface area contributed by atoms with Crippen LogP contribution in [0.4, 0.5) is 0 Å². The number of esters is 2. The number of rotatable bonds is 20. The maximum Gasteiger partial charge on any atom is 0.339 e. The first-order chi connectivity index (χ1) is 17.1. The first kappa shape index (κ1) is 37.5. The van der Waals surface area contributed by atoms with E-state index in [0.29, 0.717) is 24.3 Å². The van der Waals surface area contributed by atoms with E-state index in [1.54, 1.807) is 24.3 Å². The van der Waals surface area contributed by atoms with Gasteiger partial charge in [0, 0.05) is 35.6 Å². The molecular weight excluding hydrogens is 575 g/mol. The van der Waals surface area contributed by atoms with Crippen LogP contribution in [-0.2, 0) is 9.47 Å². The summed E-state index contributed by atoms with van der Waals surface area (Å²) in [4.78, 5) is 24.7. The fourth-order valence-electron chi connectivity index (χ4n) is 3.77. The standard InChI is InChI=1S/C24H38O4.C7H16.La/c1-3-5-7-9-11-15-19-27-23(25)21-17-13-14-18-22(21)24(26)28-20-16-12-10-8-6-4-2;1-3-5-7-6-4-2;/h13-14,17-18H,3-12,15-16,19-20H2,1-2H3;3-7H2,1-2H3;. The summed E-state index contributed by atoms with van der Waals surface area (Å²) in [6.45, 7) is 9.67. The predicted molar refractivity (Wildman–Crippen MR) is 148 cm³/mol. The van der Waals surface area contributed by atoms with E-state index in [4.69, 9.17) is 9.47 Å². The third kappa shape index (κ3) is 21.4. The maximum atomic E-state index is 12.4. The molecule has 5 heteroatoms. The molecule has 0 aromatic heterocycles. The van der Waals surface area contributed by atoms with Gasteiger partial charge in [-0.1, -0.05) is 136 Å². The van der Waals surface area contributed by atoms with E-state index in [2.05, 4.69) is 27.7 Å². The Morgan fingerprint density at radius 2 is 0.778 bits per heavy atom. The zero-order valence-electron chi connectivity index (χ0n) is 24.0. The molecule has 0 aliphatic rings. The van der Waals surface area contributed by atoms with Gasteiger partial charge in [0.05, 0.1) is 24.3 Å². The molecule has 1 radical (unpaired) electrons. The van der Waals surface area contributed by atoms with E-state index in [-0.39, 0.29) is 35.6 Å². The topological polar surface area (TPSA) is 52.6 Å². The second-order valence-corrected chi connectivity index (χ2v) is 9.41. The molecule has 1 aromatic rings. The van der Waals surface area contributed by atoms with Crippen molar-refractivity contribution in [1.29, 1.82) is 0 Å². The van der Waals surface area contributed by atoms with E-state index in [9.17, 15) is 9.59 Å². The predicted octanol–water partition coefficient (Wildman–Crippen LogP) is 9.70. The molecule has 0 unspecified atom stereocenters. The molecule has 0 fully saturated rings. The third-order valence-electron chi connectivity index (χ3n) is 6.04. The molecule has 205 valence electrons. The van der Waals surface area contributed by atoms with Crippen molar-refractivity contribution in [3.8, 4) is 0 Å². The largest absolute Gasteiger partial charge is 0.462 e. The van der Waals surface area contributed by atoms with Gasteiger partial charge in [0.1, 0.15) is 0 Å². The van der Waals surface area contributed by atoms with Gasteiger partial charge in [-0.05, 0) is 25.0 Å². The Morgan fingerprint density at radius 3 is 1.11 bits per heavy atom. The van der Waals surface area contributed by atoms with Crippen molar-refractivity contribution in [2.75, 3.05) is 13.2 Å². The molecule has 36 heavy (non-hydrogen) atoms. The minimum atomic E-state index is -0.444. The van der Waals surface area contributed by atoms with Gasteiger partial charge in [-0.3, -0.25) is 0 Å². The van der Waals surface area contributed by atoms with E-state index in [1.165, 1.54) is 83.5 Å². The quantitative estimate of drug-likeness (QED) is 0.106. The average molecular weight is 630 g/mol.